The van der Waals surface area contributed by atoms with Crippen molar-refractivity contribution in [1.29, 1.82) is 0 Å². The zero-order valence-electron chi connectivity index (χ0n) is 22.9. The van der Waals surface area contributed by atoms with Crippen molar-refractivity contribution < 1.29 is 24.2 Å². The highest BCUT2D eigenvalue weighted by Gasteiger charge is 2.46. The molecule has 1 saturated heterocycles. The van der Waals surface area contributed by atoms with Gasteiger partial charge >= 0.3 is 12.1 Å². The summed E-state index contributed by atoms with van der Waals surface area (Å²) in [6.07, 6.45) is 0.812. The highest BCUT2D eigenvalue weighted by molar-refractivity contribution is 5.90. The highest BCUT2D eigenvalue weighted by Crippen LogP contribution is 2.44. The standard InChI is InChI=1S/C33H35N3O5/c37-30(38)28-18-23(28)19-34-31(39)33(14-16-36(17-15-33)20-22-8-2-1-3-9-22)35-32(40)41-21-29-26-12-6-4-10-24(26)25-11-5-7-13-27(25)29/h1-13,23,28-29H,14-21H2,(H,34,39)(H,35,40)(H,37,38). The third kappa shape index (κ3) is 5.70. The normalized spacial score (nSPS) is 20.9. The number of alkyl carbamates (subject to hydrolysis) is 1. The fourth-order valence-electron chi connectivity index (χ4n) is 6.34. The Morgan fingerprint density at radius 2 is 1.49 bits per heavy atom. The van der Waals surface area contributed by atoms with E-state index in [2.05, 4.69) is 51.9 Å². The Morgan fingerprint density at radius 1 is 0.878 bits per heavy atom. The molecule has 1 heterocycles. The Kier molecular flexibility index (Phi) is 7.49. The number of hydrogen-bond donors (Lipinski definition) is 3. The van der Waals surface area contributed by atoms with Crippen molar-refractivity contribution in [2.45, 2.75) is 37.3 Å². The number of aliphatic carboxylic acids is 1. The van der Waals surface area contributed by atoms with E-state index in [-0.39, 0.29) is 30.9 Å². The van der Waals surface area contributed by atoms with Crippen molar-refractivity contribution in [2.75, 3.05) is 26.2 Å². The van der Waals surface area contributed by atoms with Crippen LogP contribution < -0.4 is 10.6 Å². The number of carbonyl (C=O) groups excluding carboxylic acids is 2. The molecule has 0 spiro atoms. The van der Waals surface area contributed by atoms with Crippen LogP contribution >= 0.6 is 0 Å². The Bertz CT molecular complexity index is 1390. The number of carboxylic acids is 1. The number of fused-ring (bicyclic) bond motifs is 3. The molecule has 3 aromatic carbocycles. The molecule has 41 heavy (non-hydrogen) atoms. The number of hydrogen-bond acceptors (Lipinski definition) is 5. The topological polar surface area (TPSA) is 108 Å². The van der Waals surface area contributed by atoms with E-state index in [0.717, 1.165) is 28.8 Å². The lowest BCUT2D eigenvalue weighted by molar-refractivity contribution is -0.139. The van der Waals surface area contributed by atoms with Gasteiger partial charge < -0.3 is 20.5 Å². The smallest absolute Gasteiger partial charge is 0.408 e. The summed E-state index contributed by atoms with van der Waals surface area (Å²) in [7, 11) is 0. The molecular weight excluding hydrogens is 518 g/mol. The summed E-state index contributed by atoms with van der Waals surface area (Å²) in [6.45, 7) is 2.49. The summed E-state index contributed by atoms with van der Waals surface area (Å²) in [5, 5.41) is 15.1. The molecule has 3 N–H and O–H groups in total. The molecule has 3 aromatic rings. The van der Waals surface area contributed by atoms with Gasteiger partial charge in [-0.25, -0.2) is 4.79 Å². The van der Waals surface area contributed by atoms with Gasteiger partial charge in [0.2, 0.25) is 5.91 Å². The van der Waals surface area contributed by atoms with Crippen LogP contribution in [0, 0.1) is 11.8 Å². The molecular formula is C33H35N3O5. The summed E-state index contributed by atoms with van der Waals surface area (Å²) in [4.78, 5) is 40.4. The third-order valence-electron chi connectivity index (χ3n) is 8.84. The van der Waals surface area contributed by atoms with Crippen molar-refractivity contribution in [3.63, 3.8) is 0 Å². The van der Waals surface area contributed by atoms with Crippen LogP contribution in [0.5, 0.6) is 0 Å². The van der Waals surface area contributed by atoms with E-state index in [9.17, 15) is 19.5 Å². The number of ether oxygens (including phenoxy) is 1. The molecule has 8 heteroatoms. The number of likely N-dealkylation sites (tertiary alicyclic amines) is 1. The molecule has 2 unspecified atom stereocenters. The van der Waals surface area contributed by atoms with Crippen molar-refractivity contribution >= 4 is 18.0 Å². The second kappa shape index (κ2) is 11.4. The van der Waals surface area contributed by atoms with Gasteiger partial charge in [0, 0.05) is 32.1 Å². The van der Waals surface area contributed by atoms with E-state index in [1.165, 1.54) is 5.56 Å². The van der Waals surface area contributed by atoms with Crippen molar-refractivity contribution in [1.82, 2.24) is 15.5 Å². The quantitative estimate of drug-likeness (QED) is 0.363. The zero-order chi connectivity index (χ0) is 28.4. The predicted molar refractivity (Wildman–Crippen MR) is 154 cm³/mol. The number of amides is 2. The predicted octanol–water partition coefficient (Wildman–Crippen LogP) is 4.40. The molecule has 2 amide bonds. The molecule has 1 saturated carbocycles. The van der Waals surface area contributed by atoms with Crippen LogP contribution in [0.3, 0.4) is 0 Å². The minimum absolute atomic E-state index is 0.0684. The summed E-state index contributed by atoms with van der Waals surface area (Å²) < 4.78 is 5.81. The average molecular weight is 554 g/mol. The molecule has 2 fully saturated rings. The molecule has 0 aromatic heterocycles. The fraction of sp³-hybridized carbons (Fsp3) is 0.364. The first-order valence-electron chi connectivity index (χ1n) is 14.3. The van der Waals surface area contributed by atoms with Crippen LogP contribution in [0.1, 0.15) is 41.9 Å². The average Bonchev–Trinajstić information content (AvgIpc) is 3.72. The summed E-state index contributed by atoms with van der Waals surface area (Å²) in [5.41, 5.74) is 4.63. The lowest BCUT2D eigenvalue weighted by atomic mass is 9.86. The second-order valence-corrected chi connectivity index (χ2v) is 11.4. The number of rotatable bonds is 9. The number of nitrogens with zero attached hydrogens (tertiary/aromatic N) is 1. The maximum atomic E-state index is 13.6. The Morgan fingerprint density at radius 3 is 2.10 bits per heavy atom. The Balaban J connectivity index is 1.12. The number of carboxylic acid groups (broad SMARTS) is 1. The molecule has 1 aliphatic heterocycles. The zero-order valence-corrected chi connectivity index (χ0v) is 22.9. The molecule has 0 radical (unpaired) electrons. The van der Waals surface area contributed by atoms with Crippen LogP contribution in [-0.4, -0.2) is 59.8 Å². The van der Waals surface area contributed by atoms with Crippen LogP contribution in [0.25, 0.3) is 11.1 Å². The van der Waals surface area contributed by atoms with Crippen molar-refractivity contribution in [2.24, 2.45) is 11.8 Å². The number of carbonyl (C=O) groups is 3. The minimum Gasteiger partial charge on any atom is -0.481 e. The van der Waals surface area contributed by atoms with Crippen LogP contribution in [0.4, 0.5) is 4.79 Å². The molecule has 6 rings (SSSR count). The van der Waals surface area contributed by atoms with Gasteiger partial charge in [-0.1, -0.05) is 78.9 Å². The molecule has 2 atom stereocenters. The van der Waals surface area contributed by atoms with Crippen LogP contribution in [0.2, 0.25) is 0 Å². The number of benzene rings is 3. The SMILES string of the molecule is O=C(NC1(C(=O)NCC2CC2C(=O)O)CCN(Cc2ccccc2)CC1)OCC1c2ccccc2-c2ccccc21. The molecule has 2 aliphatic carbocycles. The van der Waals surface area contributed by atoms with E-state index in [0.29, 0.717) is 32.4 Å². The summed E-state index contributed by atoms with van der Waals surface area (Å²) in [5.74, 6) is -1.66. The van der Waals surface area contributed by atoms with Gasteiger partial charge in [0.05, 0.1) is 5.92 Å². The largest absolute Gasteiger partial charge is 0.481 e. The Labute approximate surface area is 239 Å². The Hall–Kier alpha value is -4.17. The van der Waals surface area contributed by atoms with Gasteiger partial charge in [0.15, 0.2) is 0 Å². The molecule has 0 bridgehead atoms. The van der Waals surface area contributed by atoms with E-state index in [1.807, 2.05) is 42.5 Å². The van der Waals surface area contributed by atoms with E-state index < -0.39 is 23.5 Å². The first-order valence-corrected chi connectivity index (χ1v) is 14.3. The second-order valence-electron chi connectivity index (χ2n) is 11.4. The van der Waals surface area contributed by atoms with Gasteiger partial charge in [0.1, 0.15) is 12.1 Å². The highest BCUT2D eigenvalue weighted by atomic mass is 16.5. The van der Waals surface area contributed by atoms with Crippen LogP contribution in [-0.2, 0) is 20.9 Å². The van der Waals surface area contributed by atoms with Crippen molar-refractivity contribution in [3.05, 3.63) is 95.6 Å². The maximum Gasteiger partial charge on any atom is 0.408 e. The summed E-state index contributed by atoms with van der Waals surface area (Å²) >= 11 is 0. The van der Waals surface area contributed by atoms with E-state index in [1.54, 1.807) is 0 Å². The first-order chi connectivity index (χ1) is 19.9. The van der Waals surface area contributed by atoms with E-state index >= 15 is 0 Å². The van der Waals surface area contributed by atoms with Gasteiger partial charge in [-0.3, -0.25) is 14.5 Å². The van der Waals surface area contributed by atoms with Gasteiger partial charge in [-0.2, -0.15) is 0 Å². The van der Waals surface area contributed by atoms with E-state index in [4.69, 9.17) is 4.74 Å². The maximum absolute atomic E-state index is 13.6. The molecule has 3 aliphatic rings. The lowest BCUT2D eigenvalue weighted by Crippen LogP contribution is -2.63. The van der Waals surface area contributed by atoms with Gasteiger partial charge in [-0.15, -0.1) is 0 Å². The molecule has 212 valence electrons. The van der Waals surface area contributed by atoms with Gasteiger partial charge in [0.25, 0.3) is 0 Å². The minimum atomic E-state index is -1.12. The fourth-order valence-corrected chi connectivity index (χ4v) is 6.34. The monoisotopic (exact) mass is 553 g/mol. The van der Waals surface area contributed by atoms with Crippen LogP contribution in [0.15, 0.2) is 78.9 Å². The van der Waals surface area contributed by atoms with Crippen molar-refractivity contribution in [3.8, 4) is 11.1 Å². The molecule has 8 nitrogen and oxygen atoms in total. The lowest BCUT2D eigenvalue weighted by Gasteiger charge is -2.40. The summed E-state index contributed by atoms with van der Waals surface area (Å²) in [6, 6.07) is 26.5. The third-order valence-corrected chi connectivity index (χ3v) is 8.84. The number of nitrogens with one attached hydrogen (secondary N) is 2. The first kappa shape index (κ1) is 27.0. The van der Waals surface area contributed by atoms with Gasteiger partial charge in [-0.05, 0) is 53.0 Å². The number of piperidine rings is 1.